The standard InChI is InChI=1S/C16H21NO2/c1-3-13-9-10-15(18)17-14(11-19-16(13,17)2)12-7-5-4-6-8-12/h4-8,13-14H,3,9-11H2,1-2H3/t13-,14+,16+/m1/s1. The highest BCUT2D eigenvalue weighted by Crippen LogP contribution is 2.47. The first-order chi connectivity index (χ1) is 9.16. The first kappa shape index (κ1) is 12.7. The fourth-order valence-electron chi connectivity index (χ4n) is 3.63. The molecule has 0 saturated carbocycles. The molecule has 1 aromatic carbocycles. The third-order valence-electron chi connectivity index (χ3n) is 4.73. The first-order valence-corrected chi connectivity index (χ1v) is 7.18. The molecule has 0 aliphatic carbocycles. The summed E-state index contributed by atoms with van der Waals surface area (Å²) in [5.41, 5.74) is 0.765. The Labute approximate surface area is 114 Å². The molecular formula is C16H21NO2. The maximum atomic E-state index is 12.4. The number of nitrogens with zero attached hydrogens (tertiary/aromatic N) is 1. The van der Waals surface area contributed by atoms with E-state index in [1.807, 2.05) is 23.1 Å². The molecule has 3 rings (SSSR count). The molecule has 3 nitrogen and oxygen atoms in total. The van der Waals surface area contributed by atoms with Gasteiger partial charge in [-0.2, -0.15) is 0 Å². The molecule has 1 aromatic rings. The summed E-state index contributed by atoms with van der Waals surface area (Å²) in [4.78, 5) is 14.4. The van der Waals surface area contributed by atoms with Gasteiger partial charge in [0.2, 0.25) is 5.91 Å². The Morgan fingerprint density at radius 1 is 1.37 bits per heavy atom. The maximum absolute atomic E-state index is 12.4. The normalized spacial score (nSPS) is 34.4. The van der Waals surface area contributed by atoms with Gasteiger partial charge in [-0.05, 0) is 25.3 Å². The van der Waals surface area contributed by atoms with E-state index >= 15 is 0 Å². The summed E-state index contributed by atoms with van der Waals surface area (Å²) >= 11 is 0. The Morgan fingerprint density at radius 2 is 2.11 bits per heavy atom. The summed E-state index contributed by atoms with van der Waals surface area (Å²) in [6.45, 7) is 4.88. The zero-order valence-electron chi connectivity index (χ0n) is 11.6. The van der Waals surface area contributed by atoms with Crippen molar-refractivity contribution in [3.63, 3.8) is 0 Å². The molecule has 3 atom stereocenters. The predicted molar refractivity (Wildman–Crippen MR) is 73.4 cm³/mol. The smallest absolute Gasteiger partial charge is 0.225 e. The maximum Gasteiger partial charge on any atom is 0.225 e. The molecule has 19 heavy (non-hydrogen) atoms. The lowest BCUT2D eigenvalue weighted by Crippen LogP contribution is -2.55. The molecule has 0 radical (unpaired) electrons. The highest BCUT2D eigenvalue weighted by Gasteiger charge is 2.53. The molecule has 0 aromatic heterocycles. The monoisotopic (exact) mass is 259 g/mol. The highest BCUT2D eigenvalue weighted by molar-refractivity contribution is 5.78. The van der Waals surface area contributed by atoms with E-state index in [0.717, 1.165) is 12.8 Å². The third kappa shape index (κ3) is 1.88. The first-order valence-electron chi connectivity index (χ1n) is 7.18. The largest absolute Gasteiger partial charge is 0.353 e. The number of ether oxygens (including phenoxy) is 1. The van der Waals surface area contributed by atoms with Crippen molar-refractivity contribution < 1.29 is 9.53 Å². The Hall–Kier alpha value is -1.35. The number of carbonyl (C=O) groups excluding carboxylic acids is 1. The molecule has 2 aliphatic rings. The zero-order chi connectivity index (χ0) is 13.5. The van der Waals surface area contributed by atoms with Crippen molar-refractivity contribution in [1.29, 1.82) is 0 Å². The number of piperidine rings is 1. The van der Waals surface area contributed by atoms with Gasteiger partial charge in [-0.1, -0.05) is 37.3 Å². The number of fused-ring (bicyclic) bond motifs is 1. The Bertz CT molecular complexity index is 473. The summed E-state index contributed by atoms with van der Waals surface area (Å²) in [6.07, 6.45) is 2.66. The highest BCUT2D eigenvalue weighted by atomic mass is 16.5. The van der Waals surface area contributed by atoms with Crippen molar-refractivity contribution in [2.75, 3.05) is 6.61 Å². The summed E-state index contributed by atoms with van der Waals surface area (Å²) in [5, 5.41) is 0. The molecule has 1 amide bonds. The molecule has 0 spiro atoms. The van der Waals surface area contributed by atoms with Gasteiger partial charge in [0.15, 0.2) is 0 Å². The second-order valence-corrected chi connectivity index (χ2v) is 5.70. The SMILES string of the molecule is CC[C@@H]1CCC(=O)N2[C@H](c3ccccc3)CO[C@@]12C. The average molecular weight is 259 g/mol. The van der Waals surface area contributed by atoms with Crippen LogP contribution in [0.1, 0.15) is 44.7 Å². The molecule has 0 unspecified atom stereocenters. The van der Waals surface area contributed by atoms with E-state index in [2.05, 4.69) is 26.0 Å². The van der Waals surface area contributed by atoms with Crippen molar-refractivity contribution in [3.8, 4) is 0 Å². The van der Waals surface area contributed by atoms with Crippen LogP contribution in [0.15, 0.2) is 30.3 Å². The zero-order valence-corrected chi connectivity index (χ0v) is 11.6. The van der Waals surface area contributed by atoms with Gasteiger partial charge in [0.05, 0.1) is 12.6 Å². The minimum atomic E-state index is -0.412. The van der Waals surface area contributed by atoms with Gasteiger partial charge < -0.3 is 9.64 Å². The summed E-state index contributed by atoms with van der Waals surface area (Å²) < 4.78 is 6.09. The molecule has 2 aliphatic heterocycles. The van der Waals surface area contributed by atoms with Gasteiger partial charge >= 0.3 is 0 Å². The predicted octanol–water partition coefficient (Wildman–Crippen LogP) is 3.12. The van der Waals surface area contributed by atoms with Crippen LogP contribution in [-0.4, -0.2) is 23.1 Å². The molecular weight excluding hydrogens is 238 g/mol. The minimum Gasteiger partial charge on any atom is -0.353 e. The fraction of sp³-hybridized carbons (Fsp3) is 0.562. The van der Waals surface area contributed by atoms with Crippen LogP contribution >= 0.6 is 0 Å². The van der Waals surface area contributed by atoms with Crippen molar-refractivity contribution in [1.82, 2.24) is 4.90 Å². The van der Waals surface area contributed by atoms with Crippen LogP contribution in [0.4, 0.5) is 0 Å². The van der Waals surface area contributed by atoms with Crippen LogP contribution in [-0.2, 0) is 9.53 Å². The number of hydrogen-bond acceptors (Lipinski definition) is 2. The fourth-order valence-corrected chi connectivity index (χ4v) is 3.63. The number of amides is 1. The third-order valence-corrected chi connectivity index (χ3v) is 4.73. The average Bonchev–Trinajstić information content (AvgIpc) is 2.79. The van der Waals surface area contributed by atoms with E-state index in [0.29, 0.717) is 18.9 Å². The van der Waals surface area contributed by atoms with Crippen LogP contribution in [0.3, 0.4) is 0 Å². The lowest BCUT2D eigenvalue weighted by molar-refractivity contribution is -0.170. The number of hydrogen-bond donors (Lipinski definition) is 0. The lowest BCUT2D eigenvalue weighted by Gasteiger charge is -2.45. The van der Waals surface area contributed by atoms with E-state index in [1.165, 1.54) is 5.56 Å². The van der Waals surface area contributed by atoms with Crippen LogP contribution in [0.5, 0.6) is 0 Å². The van der Waals surface area contributed by atoms with Crippen LogP contribution in [0, 0.1) is 5.92 Å². The number of benzene rings is 1. The Kier molecular flexibility index (Phi) is 3.09. The van der Waals surface area contributed by atoms with Crippen LogP contribution in [0.25, 0.3) is 0 Å². The van der Waals surface area contributed by atoms with Crippen LogP contribution < -0.4 is 0 Å². The van der Waals surface area contributed by atoms with Crippen molar-refractivity contribution in [2.24, 2.45) is 5.92 Å². The summed E-state index contributed by atoms with van der Waals surface area (Å²) in [7, 11) is 0. The summed E-state index contributed by atoms with van der Waals surface area (Å²) in [5.74, 6) is 0.678. The quantitative estimate of drug-likeness (QED) is 0.816. The lowest BCUT2D eigenvalue weighted by atomic mass is 9.84. The molecule has 0 N–H and O–H groups in total. The van der Waals surface area contributed by atoms with Crippen LogP contribution in [0.2, 0.25) is 0 Å². The van der Waals surface area contributed by atoms with Gasteiger partial charge in [-0.15, -0.1) is 0 Å². The number of rotatable bonds is 2. The topological polar surface area (TPSA) is 29.5 Å². The van der Waals surface area contributed by atoms with E-state index in [9.17, 15) is 4.79 Å². The van der Waals surface area contributed by atoms with Crippen molar-refractivity contribution in [3.05, 3.63) is 35.9 Å². The Balaban J connectivity index is 1.96. The van der Waals surface area contributed by atoms with Gasteiger partial charge in [-0.25, -0.2) is 0 Å². The molecule has 3 heteroatoms. The Morgan fingerprint density at radius 3 is 2.79 bits per heavy atom. The van der Waals surface area contributed by atoms with E-state index in [4.69, 9.17) is 4.74 Å². The molecule has 102 valence electrons. The van der Waals surface area contributed by atoms with Gasteiger partial charge in [0.1, 0.15) is 5.72 Å². The van der Waals surface area contributed by atoms with E-state index in [1.54, 1.807) is 0 Å². The second-order valence-electron chi connectivity index (χ2n) is 5.70. The van der Waals surface area contributed by atoms with Gasteiger partial charge in [0, 0.05) is 12.3 Å². The minimum absolute atomic E-state index is 0.0769. The van der Waals surface area contributed by atoms with E-state index in [-0.39, 0.29) is 11.9 Å². The van der Waals surface area contributed by atoms with E-state index < -0.39 is 5.72 Å². The van der Waals surface area contributed by atoms with Gasteiger partial charge in [-0.3, -0.25) is 4.79 Å². The van der Waals surface area contributed by atoms with Crippen molar-refractivity contribution >= 4 is 5.91 Å². The molecule has 2 saturated heterocycles. The summed E-state index contributed by atoms with van der Waals surface area (Å²) in [6, 6.07) is 10.3. The molecule has 0 bridgehead atoms. The molecule has 2 heterocycles. The second kappa shape index (κ2) is 4.64. The van der Waals surface area contributed by atoms with Gasteiger partial charge in [0.25, 0.3) is 0 Å². The molecule has 2 fully saturated rings. The number of carbonyl (C=O) groups is 1. The van der Waals surface area contributed by atoms with Crippen molar-refractivity contribution in [2.45, 2.75) is 44.9 Å².